The first kappa shape index (κ1) is 12.5. The van der Waals surface area contributed by atoms with Crippen LogP contribution in [0.1, 0.15) is 17.0 Å². The van der Waals surface area contributed by atoms with Crippen LogP contribution >= 0.6 is 0 Å². The van der Waals surface area contributed by atoms with Crippen LogP contribution in [0.5, 0.6) is 5.75 Å². The lowest BCUT2D eigenvalue weighted by Crippen LogP contribution is -2.12. The van der Waals surface area contributed by atoms with Crippen molar-refractivity contribution < 1.29 is 4.74 Å². The van der Waals surface area contributed by atoms with Crippen molar-refractivity contribution in [3.05, 3.63) is 35.2 Å². The van der Waals surface area contributed by atoms with Crippen LogP contribution in [0.15, 0.2) is 18.2 Å². The highest BCUT2D eigenvalue weighted by Crippen LogP contribution is 2.19. The molecule has 2 rings (SSSR count). The molecule has 0 unspecified atom stereocenters. The summed E-state index contributed by atoms with van der Waals surface area (Å²) in [6, 6.07) is 6.08. The van der Waals surface area contributed by atoms with Crippen molar-refractivity contribution in [2.24, 2.45) is 5.73 Å². The molecular weight excluding hydrogens is 230 g/mol. The summed E-state index contributed by atoms with van der Waals surface area (Å²) >= 11 is 0. The smallest absolute Gasteiger partial charge is 0.212 e. The fraction of sp³-hybridized carbons (Fsp3) is 0.417. The number of aromatic nitrogens is 4. The van der Waals surface area contributed by atoms with Gasteiger partial charge in [-0.1, -0.05) is 12.1 Å². The Kier molecular flexibility index (Phi) is 3.88. The van der Waals surface area contributed by atoms with Gasteiger partial charge in [-0.2, -0.15) is 4.80 Å². The van der Waals surface area contributed by atoms with Gasteiger partial charge in [0.25, 0.3) is 0 Å². The van der Waals surface area contributed by atoms with Gasteiger partial charge in [-0.25, -0.2) is 0 Å². The van der Waals surface area contributed by atoms with Crippen molar-refractivity contribution in [2.75, 3.05) is 6.54 Å². The maximum absolute atomic E-state index is 5.69. The van der Waals surface area contributed by atoms with E-state index in [1.165, 1.54) is 4.80 Å². The van der Waals surface area contributed by atoms with Gasteiger partial charge in [0.2, 0.25) is 5.82 Å². The van der Waals surface area contributed by atoms with E-state index in [1.54, 1.807) is 0 Å². The largest absolute Gasteiger partial charge is 0.485 e. The zero-order valence-corrected chi connectivity index (χ0v) is 10.6. The van der Waals surface area contributed by atoms with E-state index in [0.717, 1.165) is 16.9 Å². The Balaban J connectivity index is 1.99. The van der Waals surface area contributed by atoms with E-state index in [2.05, 4.69) is 21.5 Å². The third-order valence-corrected chi connectivity index (χ3v) is 2.52. The summed E-state index contributed by atoms with van der Waals surface area (Å²) in [5, 5.41) is 11.9. The number of nitrogens with zero attached hydrogens (tertiary/aromatic N) is 4. The quantitative estimate of drug-likeness (QED) is 0.846. The van der Waals surface area contributed by atoms with Crippen molar-refractivity contribution in [1.82, 2.24) is 20.2 Å². The monoisotopic (exact) mass is 247 g/mol. The molecule has 96 valence electrons. The minimum atomic E-state index is 0.314. The van der Waals surface area contributed by atoms with Crippen molar-refractivity contribution >= 4 is 0 Å². The second-order valence-corrected chi connectivity index (χ2v) is 4.15. The van der Waals surface area contributed by atoms with Gasteiger partial charge in [0.05, 0.1) is 6.54 Å². The van der Waals surface area contributed by atoms with Crippen LogP contribution in [0.3, 0.4) is 0 Å². The van der Waals surface area contributed by atoms with Gasteiger partial charge < -0.3 is 10.5 Å². The molecular formula is C12H17N5O. The van der Waals surface area contributed by atoms with Gasteiger partial charge in [0, 0.05) is 6.54 Å². The molecule has 0 atom stereocenters. The summed E-state index contributed by atoms with van der Waals surface area (Å²) < 4.78 is 5.69. The molecule has 0 saturated heterocycles. The molecule has 1 aromatic heterocycles. The summed E-state index contributed by atoms with van der Waals surface area (Å²) in [4.78, 5) is 1.47. The van der Waals surface area contributed by atoms with Crippen LogP contribution in [0.25, 0.3) is 0 Å². The van der Waals surface area contributed by atoms with E-state index in [4.69, 9.17) is 10.5 Å². The summed E-state index contributed by atoms with van der Waals surface area (Å²) in [5.74, 6) is 1.41. The Hall–Kier alpha value is -1.95. The van der Waals surface area contributed by atoms with Crippen molar-refractivity contribution in [2.45, 2.75) is 27.0 Å². The maximum Gasteiger partial charge on any atom is 0.212 e. The summed E-state index contributed by atoms with van der Waals surface area (Å²) in [5.41, 5.74) is 7.67. The Labute approximate surface area is 106 Å². The predicted octanol–water partition coefficient (Wildman–Crippen LogP) is 0.828. The first-order valence-corrected chi connectivity index (χ1v) is 5.86. The van der Waals surface area contributed by atoms with Gasteiger partial charge in [-0.05, 0) is 36.3 Å². The molecule has 0 saturated carbocycles. The van der Waals surface area contributed by atoms with Crippen molar-refractivity contribution in [1.29, 1.82) is 0 Å². The van der Waals surface area contributed by atoms with Crippen LogP contribution in [0.4, 0.5) is 0 Å². The first-order valence-electron chi connectivity index (χ1n) is 5.86. The number of rotatable bonds is 5. The molecule has 6 nitrogen and oxygen atoms in total. The average Bonchev–Trinajstić information content (AvgIpc) is 2.79. The highest BCUT2D eigenvalue weighted by Gasteiger charge is 2.05. The van der Waals surface area contributed by atoms with Crippen LogP contribution in [0.2, 0.25) is 0 Å². The average molecular weight is 247 g/mol. The number of hydrogen-bond donors (Lipinski definition) is 1. The molecule has 0 bridgehead atoms. The second kappa shape index (κ2) is 5.59. The molecule has 1 aromatic carbocycles. The van der Waals surface area contributed by atoms with E-state index in [1.807, 2.05) is 26.0 Å². The van der Waals surface area contributed by atoms with Crippen molar-refractivity contribution in [3.8, 4) is 5.75 Å². The fourth-order valence-electron chi connectivity index (χ4n) is 1.55. The minimum Gasteiger partial charge on any atom is -0.485 e. The topological polar surface area (TPSA) is 78.9 Å². The van der Waals surface area contributed by atoms with Gasteiger partial charge >= 0.3 is 0 Å². The standard InChI is InChI=1S/C12H17N5O/c1-9-3-4-10(2)11(7-9)18-8-12-14-16-17(15-12)6-5-13/h3-4,7H,5-6,8,13H2,1-2H3. The number of tetrazole rings is 1. The lowest BCUT2D eigenvalue weighted by atomic mass is 10.1. The molecule has 18 heavy (non-hydrogen) atoms. The SMILES string of the molecule is Cc1ccc(C)c(OCc2nnn(CCN)n2)c1. The normalized spacial score (nSPS) is 10.6. The van der Waals surface area contributed by atoms with E-state index in [-0.39, 0.29) is 0 Å². The van der Waals surface area contributed by atoms with Crippen LogP contribution in [0, 0.1) is 13.8 Å². The molecule has 2 aromatic rings. The Morgan fingerprint density at radius 1 is 1.33 bits per heavy atom. The minimum absolute atomic E-state index is 0.314. The van der Waals surface area contributed by atoms with Gasteiger partial charge in [-0.15, -0.1) is 10.2 Å². The molecule has 0 spiro atoms. The third-order valence-electron chi connectivity index (χ3n) is 2.52. The highest BCUT2D eigenvalue weighted by molar-refractivity contribution is 5.35. The molecule has 0 fully saturated rings. The zero-order valence-electron chi connectivity index (χ0n) is 10.6. The van der Waals surface area contributed by atoms with Crippen LogP contribution in [-0.4, -0.2) is 26.8 Å². The molecule has 0 aliphatic carbocycles. The highest BCUT2D eigenvalue weighted by atomic mass is 16.5. The van der Waals surface area contributed by atoms with Gasteiger partial charge in [-0.3, -0.25) is 0 Å². The van der Waals surface area contributed by atoms with E-state index >= 15 is 0 Å². The van der Waals surface area contributed by atoms with E-state index < -0.39 is 0 Å². The molecule has 0 aliphatic rings. The molecule has 0 aliphatic heterocycles. The summed E-state index contributed by atoms with van der Waals surface area (Å²) in [6.07, 6.45) is 0. The van der Waals surface area contributed by atoms with E-state index in [0.29, 0.717) is 25.5 Å². The summed E-state index contributed by atoms with van der Waals surface area (Å²) in [7, 11) is 0. The number of hydrogen-bond acceptors (Lipinski definition) is 5. The Morgan fingerprint density at radius 3 is 2.94 bits per heavy atom. The Bertz CT molecular complexity index is 523. The second-order valence-electron chi connectivity index (χ2n) is 4.15. The molecule has 6 heteroatoms. The summed E-state index contributed by atoms with van der Waals surface area (Å²) in [6.45, 7) is 5.41. The fourth-order valence-corrected chi connectivity index (χ4v) is 1.55. The number of nitrogens with two attached hydrogens (primary N) is 1. The number of ether oxygens (including phenoxy) is 1. The van der Waals surface area contributed by atoms with Gasteiger partial charge in [0.1, 0.15) is 5.75 Å². The Morgan fingerprint density at radius 2 is 2.17 bits per heavy atom. The van der Waals surface area contributed by atoms with E-state index in [9.17, 15) is 0 Å². The lowest BCUT2D eigenvalue weighted by Gasteiger charge is -2.07. The molecule has 1 heterocycles. The van der Waals surface area contributed by atoms with Crippen LogP contribution in [-0.2, 0) is 13.2 Å². The predicted molar refractivity (Wildman–Crippen MR) is 67.1 cm³/mol. The first-order chi connectivity index (χ1) is 8.69. The van der Waals surface area contributed by atoms with Crippen molar-refractivity contribution in [3.63, 3.8) is 0 Å². The molecule has 0 amide bonds. The maximum atomic E-state index is 5.69. The third kappa shape index (κ3) is 3.04. The van der Waals surface area contributed by atoms with Gasteiger partial charge in [0.15, 0.2) is 6.61 Å². The lowest BCUT2D eigenvalue weighted by molar-refractivity contribution is 0.293. The number of benzene rings is 1. The number of aryl methyl sites for hydroxylation is 2. The zero-order chi connectivity index (χ0) is 13.0. The van der Waals surface area contributed by atoms with Crippen LogP contribution < -0.4 is 10.5 Å². The molecule has 2 N–H and O–H groups in total. The molecule has 0 radical (unpaired) electrons.